The highest BCUT2D eigenvalue weighted by Gasteiger charge is 2.30. The number of Topliss-reactive ketones (excluding diaryl/α,β-unsaturated/α-hetero) is 1. The summed E-state index contributed by atoms with van der Waals surface area (Å²) in [6.07, 6.45) is 1.57. The molecule has 1 aliphatic rings. The number of benzene rings is 1. The molecule has 0 aromatic heterocycles. The number of nitrogens with zero attached hydrogens (tertiary/aromatic N) is 1. The van der Waals surface area contributed by atoms with Crippen LogP contribution in [0.3, 0.4) is 0 Å². The molecule has 1 saturated heterocycles. The summed E-state index contributed by atoms with van der Waals surface area (Å²) in [4.78, 5) is 14.1. The minimum Gasteiger partial charge on any atom is -0.326 e. The van der Waals surface area contributed by atoms with Gasteiger partial charge in [0.1, 0.15) is 5.78 Å². The minimum atomic E-state index is -0.111. The molecule has 0 amide bonds. The van der Waals surface area contributed by atoms with Gasteiger partial charge in [0.2, 0.25) is 0 Å². The zero-order chi connectivity index (χ0) is 13.8. The van der Waals surface area contributed by atoms with Gasteiger partial charge in [-0.15, -0.1) is 0 Å². The molecule has 4 N–H and O–H groups in total. The summed E-state index contributed by atoms with van der Waals surface area (Å²) >= 11 is 0. The van der Waals surface area contributed by atoms with E-state index in [1.165, 1.54) is 5.56 Å². The third-order valence-electron chi connectivity index (χ3n) is 3.73. The molecule has 1 aromatic rings. The van der Waals surface area contributed by atoms with Crippen LogP contribution >= 0.6 is 0 Å². The zero-order valence-electron chi connectivity index (χ0n) is 11.5. The molecule has 1 aromatic carbocycles. The van der Waals surface area contributed by atoms with E-state index in [-0.39, 0.29) is 23.9 Å². The minimum absolute atomic E-state index is 0.0707. The SMILES string of the molecule is CC(=O)[C@@H](Cc1ccccc1)N1C[C@H](N)C[C@H](N)C1. The van der Waals surface area contributed by atoms with Gasteiger partial charge in [0.05, 0.1) is 6.04 Å². The van der Waals surface area contributed by atoms with Gasteiger partial charge in [-0.2, -0.15) is 0 Å². The molecule has 1 fully saturated rings. The number of hydrogen-bond donors (Lipinski definition) is 2. The van der Waals surface area contributed by atoms with Crippen LogP contribution in [-0.2, 0) is 11.2 Å². The summed E-state index contributed by atoms with van der Waals surface area (Å²) in [7, 11) is 0. The average Bonchev–Trinajstić information content (AvgIpc) is 2.35. The Morgan fingerprint density at radius 3 is 2.37 bits per heavy atom. The monoisotopic (exact) mass is 261 g/mol. The summed E-state index contributed by atoms with van der Waals surface area (Å²) in [6, 6.07) is 10.1. The van der Waals surface area contributed by atoms with E-state index in [1.807, 2.05) is 18.2 Å². The third-order valence-corrected chi connectivity index (χ3v) is 3.73. The first-order chi connectivity index (χ1) is 9.06. The molecular weight excluding hydrogens is 238 g/mol. The smallest absolute Gasteiger partial charge is 0.147 e. The molecule has 0 bridgehead atoms. The molecule has 3 atom stereocenters. The Morgan fingerprint density at radius 1 is 1.26 bits per heavy atom. The van der Waals surface area contributed by atoms with E-state index in [1.54, 1.807) is 6.92 Å². The first-order valence-electron chi connectivity index (χ1n) is 6.86. The number of carbonyl (C=O) groups is 1. The van der Waals surface area contributed by atoms with Crippen LogP contribution in [0.4, 0.5) is 0 Å². The van der Waals surface area contributed by atoms with E-state index in [2.05, 4.69) is 17.0 Å². The lowest BCUT2D eigenvalue weighted by atomic mass is 9.96. The summed E-state index contributed by atoms with van der Waals surface area (Å²) < 4.78 is 0. The average molecular weight is 261 g/mol. The lowest BCUT2D eigenvalue weighted by Gasteiger charge is -2.38. The van der Waals surface area contributed by atoms with Gasteiger partial charge < -0.3 is 11.5 Å². The van der Waals surface area contributed by atoms with Gasteiger partial charge in [0.25, 0.3) is 0 Å². The fraction of sp³-hybridized carbons (Fsp3) is 0.533. The molecule has 0 saturated carbocycles. The number of nitrogens with two attached hydrogens (primary N) is 2. The second kappa shape index (κ2) is 6.28. The van der Waals surface area contributed by atoms with Gasteiger partial charge in [0.15, 0.2) is 0 Å². The van der Waals surface area contributed by atoms with Gasteiger partial charge in [-0.3, -0.25) is 9.69 Å². The second-order valence-electron chi connectivity index (χ2n) is 5.53. The first-order valence-corrected chi connectivity index (χ1v) is 6.86. The van der Waals surface area contributed by atoms with E-state index in [4.69, 9.17) is 11.5 Å². The first kappa shape index (κ1) is 14.2. The molecule has 4 heteroatoms. The van der Waals surface area contributed by atoms with Crippen molar-refractivity contribution in [1.29, 1.82) is 0 Å². The van der Waals surface area contributed by atoms with E-state index in [0.29, 0.717) is 0 Å². The molecule has 2 rings (SSSR count). The molecule has 4 nitrogen and oxygen atoms in total. The van der Waals surface area contributed by atoms with Crippen molar-refractivity contribution in [3.05, 3.63) is 35.9 Å². The maximum Gasteiger partial charge on any atom is 0.147 e. The zero-order valence-corrected chi connectivity index (χ0v) is 11.5. The normalized spacial score (nSPS) is 26.1. The maximum atomic E-state index is 11.9. The van der Waals surface area contributed by atoms with Crippen molar-refractivity contribution in [3.63, 3.8) is 0 Å². The molecule has 1 heterocycles. The predicted molar refractivity (Wildman–Crippen MR) is 76.8 cm³/mol. The van der Waals surface area contributed by atoms with Crippen LogP contribution in [0.5, 0.6) is 0 Å². The summed E-state index contributed by atoms with van der Waals surface area (Å²) in [5, 5.41) is 0. The Kier molecular flexibility index (Phi) is 4.69. The van der Waals surface area contributed by atoms with Crippen LogP contribution in [0.2, 0.25) is 0 Å². The van der Waals surface area contributed by atoms with Crippen molar-refractivity contribution < 1.29 is 4.79 Å². The van der Waals surface area contributed by atoms with Crippen LogP contribution in [-0.4, -0.2) is 41.9 Å². The number of ketones is 1. The highest BCUT2D eigenvalue weighted by Crippen LogP contribution is 2.16. The van der Waals surface area contributed by atoms with E-state index in [0.717, 1.165) is 25.9 Å². The fourth-order valence-electron chi connectivity index (χ4n) is 2.84. The highest BCUT2D eigenvalue weighted by atomic mass is 16.1. The third kappa shape index (κ3) is 3.86. The van der Waals surface area contributed by atoms with Crippen molar-refractivity contribution >= 4 is 5.78 Å². The van der Waals surface area contributed by atoms with Crippen molar-refractivity contribution in [2.45, 2.75) is 37.9 Å². The number of likely N-dealkylation sites (tertiary alicyclic amines) is 1. The maximum absolute atomic E-state index is 11.9. The van der Waals surface area contributed by atoms with Crippen LogP contribution in [0, 0.1) is 0 Å². The Labute approximate surface area is 114 Å². The lowest BCUT2D eigenvalue weighted by molar-refractivity contribution is -0.122. The predicted octanol–water partition coefficient (Wildman–Crippen LogP) is 0.547. The Bertz CT molecular complexity index is 411. The van der Waals surface area contributed by atoms with E-state index >= 15 is 0 Å². The molecule has 0 radical (unpaired) electrons. The molecule has 0 unspecified atom stereocenters. The standard InChI is InChI=1S/C15H23N3O/c1-11(19)15(7-12-5-3-2-4-6-12)18-9-13(16)8-14(17)10-18/h2-6,13-15H,7-10,16-17H2,1H3/t13-,14+,15-/m1/s1. The molecule has 0 spiro atoms. The van der Waals surface area contributed by atoms with Gasteiger partial charge >= 0.3 is 0 Å². The van der Waals surface area contributed by atoms with E-state index < -0.39 is 0 Å². The van der Waals surface area contributed by atoms with Crippen molar-refractivity contribution in [2.75, 3.05) is 13.1 Å². The largest absolute Gasteiger partial charge is 0.326 e. The molecule has 104 valence electrons. The van der Waals surface area contributed by atoms with Crippen LogP contribution in [0.25, 0.3) is 0 Å². The number of carbonyl (C=O) groups excluding carboxylic acids is 1. The second-order valence-corrected chi connectivity index (χ2v) is 5.53. The molecule has 19 heavy (non-hydrogen) atoms. The van der Waals surface area contributed by atoms with Crippen molar-refractivity contribution in [2.24, 2.45) is 11.5 Å². The summed E-state index contributed by atoms with van der Waals surface area (Å²) in [5.74, 6) is 0.185. The molecular formula is C15H23N3O. The number of hydrogen-bond acceptors (Lipinski definition) is 4. The lowest BCUT2D eigenvalue weighted by Crippen LogP contribution is -2.57. The van der Waals surface area contributed by atoms with Gasteiger partial charge in [-0.25, -0.2) is 0 Å². The quantitative estimate of drug-likeness (QED) is 0.830. The summed E-state index contributed by atoms with van der Waals surface area (Å²) in [5.41, 5.74) is 13.2. The van der Waals surface area contributed by atoms with Gasteiger partial charge in [-0.05, 0) is 25.3 Å². The van der Waals surface area contributed by atoms with Crippen LogP contribution in [0.1, 0.15) is 18.9 Å². The summed E-state index contributed by atoms with van der Waals surface area (Å²) in [6.45, 7) is 3.16. The highest BCUT2D eigenvalue weighted by molar-refractivity contribution is 5.81. The van der Waals surface area contributed by atoms with Crippen molar-refractivity contribution in [3.8, 4) is 0 Å². The Hall–Kier alpha value is -1.23. The van der Waals surface area contributed by atoms with Crippen LogP contribution < -0.4 is 11.5 Å². The number of piperidine rings is 1. The topological polar surface area (TPSA) is 72.3 Å². The fourth-order valence-corrected chi connectivity index (χ4v) is 2.84. The van der Waals surface area contributed by atoms with Gasteiger partial charge in [-0.1, -0.05) is 30.3 Å². The van der Waals surface area contributed by atoms with Crippen molar-refractivity contribution in [1.82, 2.24) is 4.90 Å². The molecule has 0 aliphatic carbocycles. The van der Waals surface area contributed by atoms with Crippen LogP contribution in [0.15, 0.2) is 30.3 Å². The number of rotatable bonds is 4. The van der Waals surface area contributed by atoms with E-state index in [9.17, 15) is 4.79 Å². The Balaban J connectivity index is 2.09. The Morgan fingerprint density at radius 2 is 1.84 bits per heavy atom. The van der Waals surface area contributed by atoms with Gasteiger partial charge in [0, 0.05) is 25.2 Å². The molecule has 1 aliphatic heterocycles.